The minimum atomic E-state index is -0.656. The van der Waals surface area contributed by atoms with E-state index in [0.29, 0.717) is 11.3 Å². The molecule has 0 aliphatic rings. The fourth-order valence-electron chi connectivity index (χ4n) is 2.32. The number of rotatable bonds is 4. The van der Waals surface area contributed by atoms with Crippen LogP contribution in [0.5, 0.6) is 5.75 Å². The van der Waals surface area contributed by atoms with Crippen molar-refractivity contribution < 1.29 is 9.53 Å². The van der Waals surface area contributed by atoms with E-state index in [9.17, 15) is 4.79 Å². The summed E-state index contributed by atoms with van der Waals surface area (Å²) in [5, 5.41) is 3.82. The number of benzene rings is 1. The van der Waals surface area contributed by atoms with Crippen LogP contribution >= 0.6 is 27.7 Å². The van der Waals surface area contributed by atoms with Gasteiger partial charge in [0.15, 0.2) is 0 Å². The number of aryl methyl sites for hydroxylation is 1. The van der Waals surface area contributed by atoms with Crippen LogP contribution in [0, 0.1) is 19.3 Å². The third-order valence-corrected chi connectivity index (χ3v) is 5.16. The van der Waals surface area contributed by atoms with Gasteiger partial charge in [-0.25, -0.2) is 0 Å². The van der Waals surface area contributed by atoms with E-state index >= 15 is 0 Å². The van der Waals surface area contributed by atoms with Crippen LogP contribution in [-0.2, 0) is 4.79 Å². The summed E-state index contributed by atoms with van der Waals surface area (Å²) in [5.41, 5.74) is 1.50. The molecule has 0 aliphatic carbocycles. The Balaban J connectivity index is 2.41. The third-order valence-electron chi connectivity index (χ3n) is 3.43. The first-order valence-electron chi connectivity index (χ1n) is 7.73. The van der Waals surface area contributed by atoms with E-state index in [0.717, 1.165) is 20.9 Å². The number of pyridine rings is 1. The molecule has 4 nitrogen and oxygen atoms in total. The van der Waals surface area contributed by atoms with Crippen molar-refractivity contribution in [3.8, 4) is 18.1 Å². The average molecular weight is 421 g/mol. The smallest absolute Gasteiger partial charge is 0.272 e. The molecule has 6 heteroatoms. The molecule has 0 spiro atoms. The molecule has 0 fully saturated rings. The summed E-state index contributed by atoms with van der Waals surface area (Å²) in [6.07, 6.45) is 8.97. The van der Waals surface area contributed by atoms with Crippen LogP contribution in [0.1, 0.15) is 31.9 Å². The highest BCUT2D eigenvalue weighted by atomic mass is 79.9. The molecule has 0 aliphatic heterocycles. The Hall–Kier alpha value is -1.71. The molecular weight excluding hydrogens is 400 g/mol. The first-order valence-corrected chi connectivity index (χ1v) is 9.81. The molecule has 1 heterocycles. The monoisotopic (exact) mass is 420 g/mol. The minimum Gasteiger partial charge on any atom is -0.469 e. The molecule has 1 amide bonds. The molecule has 0 saturated heterocycles. The van der Waals surface area contributed by atoms with Gasteiger partial charge in [-0.05, 0) is 67.6 Å². The SMILES string of the molecule is C#Cc1cnc2c(C)c(Br)c(OC(SC)C(=O)NC(C)(C)C)cc2c1. The van der Waals surface area contributed by atoms with Crippen LogP contribution in [0.15, 0.2) is 22.8 Å². The number of amides is 1. The van der Waals surface area contributed by atoms with Crippen molar-refractivity contribution in [3.63, 3.8) is 0 Å². The van der Waals surface area contributed by atoms with E-state index in [1.807, 2.05) is 46.1 Å². The summed E-state index contributed by atoms with van der Waals surface area (Å²) in [7, 11) is 0. The highest BCUT2D eigenvalue weighted by molar-refractivity contribution is 9.10. The van der Waals surface area contributed by atoms with Crippen LogP contribution in [0.25, 0.3) is 10.9 Å². The summed E-state index contributed by atoms with van der Waals surface area (Å²) in [5.74, 6) is 3.01. The number of nitrogens with one attached hydrogen (secondary N) is 1. The number of hydrogen-bond donors (Lipinski definition) is 1. The van der Waals surface area contributed by atoms with Gasteiger partial charge in [0, 0.05) is 22.7 Å². The number of thioether (sulfide) groups is 1. The van der Waals surface area contributed by atoms with Crippen LogP contribution in [0.4, 0.5) is 0 Å². The van der Waals surface area contributed by atoms with Crippen molar-refractivity contribution in [2.75, 3.05) is 6.26 Å². The van der Waals surface area contributed by atoms with Gasteiger partial charge in [-0.2, -0.15) is 0 Å². The van der Waals surface area contributed by atoms with Crippen LogP contribution in [0.3, 0.4) is 0 Å². The molecule has 1 atom stereocenters. The second-order valence-electron chi connectivity index (χ2n) is 6.68. The number of fused-ring (bicyclic) bond motifs is 1. The number of carbonyl (C=O) groups excluding carboxylic acids is 1. The molecule has 0 radical (unpaired) electrons. The number of halogens is 1. The summed E-state index contributed by atoms with van der Waals surface area (Å²) in [6, 6.07) is 3.74. The van der Waals surface area contributed by atoms with Gasteiger partial charge in [-0.1, -0.05) is 5.92 Å². The van der Waals surface area contributed by atoms with Crippen molar-refractivity contribution in [2.45, 2.75) is 38.7 Å². The van der Waals surface area contributed by atoms with Crippen molar-refractivity contribution in [3.05, 3.63) is 33.9 Å². The first-order chi connectivity index (χ1) is 11.7. The first kappa shape index (κ1) is 19.6. The molecule has 0 saturated carbocycles. The molecule has 1 N–H and O–H groups in total. The van der Waals surface area contributed by atoms with Crippen molar-refractivity contribution in [1.82, 2.24) is 10.3 Å². The zero-order valence-corrected chi connectivity index (χ0v) is 17.3. The highest BCUT2D eigenvalue weighted by Crippen LogP contribution is 2.35. The lowest BCUT2D eigenvalue weighted by atomic mass is 10.1. The third kappa shape index (κ3) is 4.68. The van der Waals surface area contributed by atoms with Gasteiger partial charge in [-0.15, -0.1) is 18.2 Å². The Morgan fingerprint density at radius 1 is 1.44 bits per heavy atom. The molecule has 132 valence electrons. The fraction of sp³-hybridized carbons (Fsp3) is 0.368. The maximum absolute atomic E-state index is 12.4. The Kier molecular flexibility index (Phi) is 6.02. The zero-order valence-electron chi connectivity index (χ0n) is 14.9. The van der Waals surface area contributed by atoms with Crippen LogP contribution in [-0.4, -0.2) is 28.1 Å². The lowest BCUT2D eigenvalue weighted by Gasteiger charge is -2.25. The van der Waals surface area contributed by atoms with E-state index in [4.69, 9.17) is 11.2 Å². The molecule has 25 heavy (non-hydrogen) atoms. The summed E-state index contributed by atoms with van der Waals surface area (Å²) in [6.45, 7) is 7.76. The number of carbonyl (C=O) groups is 1. The van der Waals surface area contributed by atoms with Crippen molar-refractivity contribution >= 4 is 44.5 Å². The van der Waals surface area contributed by atoms with Gasteiger partial charge in [0.1, 0.15) is 5.75 Å². The molecular formula is C19H21BrN2O2S. The van der Waals surface area contributed by atoms with Crippen LogP contribution in [0.2, 0.25) is 0 Å². The molecule has 1 unspecified atom stereocenters. The van der Waals surface area contributed by atoms with E-state index < -0.39 is 5.44 Å². The second-order valence-corrected chi connectivity index (χ2v) is 8.37. The molecule has 0 bridgehead atoms. The molecule has 2 aromatic rings. The van der Waals surface area contributed by atoms with Crippen LogP contribution < -0.4 is 10.1 Å². The maximum atomic E-state index is 12.4. The van der Waals surface area contributed by atoms with E-state index in [-0.39, 0.29) is 11.4 Å². The number of nitrogens with zero attached hydrogens (tertiary/aromatic N) is 1. The quantitative estimate of drug-likeness (QED) is 0.592. The van der Waals surface area contributed by atoms with E-state index in [1.165, 1.54) is 11.8 Å². The predicted molar refractivity (Wildman–Crippen MR) is 108 cm³/mol. The summed E-state index contributed by atoms with van der Waals surface area (Å²) >= 11 is 4.90. The Bertz CT molecular complexity index is 853. The lowest BCUT2D eigenvalue weighted by Crippen LogP contribution is -2.46. The zero-order chi connectivity index (χ0) is 18.8. The summed E-state index contributed by atoms with van der Waals surface area (Å²) in [4.78, 5) is 16.9. The van der Waals surface area contributed by atoms with E-state index in [2.05, 4.69) is 32.2 Å². The molecule has 2 rings (SSSR count). The van der Waals surface area contributed by atoms with Crippen molar-refractivity contribution in [1.29, 1.82) is 0 Å². The Morgan fingerprint density at radius 2 is 2.12 bits per heavy atom. The van der Waals surface area contributed by atoms with Crippen molar-refractivity contribution in [2.24, 2.45) is 0 Å². The minimum absolute atomic E-state index is 0.167. The number of hydrogen-bond acceptors (Lipinski definition) is 4. The van der Waals surface area contributed by atoms with Gasteiger partial charge >= 0.3 is 0 Å². The van der Waals surface area contributed by atoms with Gasteiger partial charge in [0.05, 0.1) is 9.99 Å². The van der Waals surface area contributed by atoms with Gasteiger partial charge < -0.3 is 10.1 Å². The predicted octanol–water partition coefficient (Wildman–Crippen LogP) is 4.27. The largest absolute Gasteiger partial charge is 0.469 e. The second kappa shape index (κ2) is 7.67. The van der Waals surface area contributed by atoms with E-state index in [1.54, 1.807) is 6.20 Å². The van der Waals surface area contributed by atoms with Gasteiger partial charge in [0.25, 0.3) is 5.91 Å². The average Bonchev–Trinajstić information content (AvgIpc) is 2.54. The van der Waals surface area contributed by atoms with Gasteiger partial charge in [0.2, 0.25) is 5.44 Å². The Labute approximate surface area is 161 Å². The maximum Gasteiger partial charge on any atom is 0.272 e. The normalized spacial score (nSPS) is 12.5. The Morgan fingerprint density at radius 3 is 2.68 bits per heavy atom. The molecule has 1 aromatic heterocycles. The molecule has 1 aromatic carbocycles. The topological polar surface area (TPSA) is 51.2 Å². The number of aromatic nitrogens is 1. The highest BCUT2D eigenvalue weighted by Gasteiger charge is 2.25. The number of terminal acetylenes is 1. The lowest BCUT2D eigenvalue weighted by molar-refractivity contribution is -0.125. The summed E-state index contributed by atoms with van der Waals surface area (Å²) < 4.78 is 6.77. The standard InChI is InChI=1S/C19H21BrN2O2S/c1-7-12-8-13-9-14(15(20)11(2)16(13)21-10-12)24-18(25-6)17(23)22-19(3,4)5/h1,8-10,18H,2-6H3,(H,22,23). The number of ether oxygens (including phenoxy) is 1. The fourth-order valence-corrected chi connectivity index (χ4v) is 3.18. The van der Waals surface area contributed by atoms with Gasteiger partial charge in [-0.3, -0.25) is 9.78 Å².